The Morgan fingerprint density at radius 3 is 2.33 bits per heavy atom. The fourth-order valence-electron chi connectivity index (χ4n) is 0.485. The summed E-state index contributed by atoms with van der Waals surface area (Å²) in [4.78, 5) is 26.8. The lowest BCUT2D eigenvalue weighted by atomic mass is 10.3. The Balaban J connectivity index is 4.35. The van der Waals surface area contributed by atoms with Crippen molar-refractivity contribution in [3.8, 4) is 0 Å². The first-order valence-corrected chi connectivity index (χ1v) is 4.49. The van der Waals surface area contributed by atoms with Crippen molar-refractivity contribution in [3.63, 3.8) is 0 Å². The first-order chi connectivity index (χ1) is 5.37. The number of carboxylic acid groups (broad SMARTS) is 1. The molecule has 0 bridgehead atoms. The summed E-state index contributed by atoms with van der Waals surface area (Å²) in [5.74, 6) is -1.45. The summed E-state index contributed by atoms with van der Waals surface area (Å²) in [5, 5.41) is 8.35. The van der Waals surface area contributed by atoms with Gasteiger partial charge in [-0.3, -0.25) is 4.52 Å². The van der Waals surface area contributed by atoms with Crippen LogP contribution < -0.4 is 0 Å². The quantitative estimate of drug-likeness (QED) is 0.436. The summed E-state index contributed by atoms with van der Waals surface area (Å²) in [6.07, 6.45) is 0.756. The molecule has 70 valence electrons. The Kier molecular flexibility index (Phi) is 4.12. The summed E-state index contributed by atoms with van der Waals surface area (Å²) in [6, 6.07) is 0. The minimum absolute atomic E-state index is 1.03. The summed E-state index contributed by atoms with van der Waals surface area (Å²) < 4.78 is 14.1. The largest absolute Gasteiger partial charge is 0.479 e. The van der Waals surface area contributed by atoms with Crippen molar-refractivity contribution in [2.75, 3.05) is 0 Å². The van der Waals surface area contributed by atoms with Crippen LogP contribution in [0, 0.1) is 0 Å². The van der Waals surface area contributed by atoms with Crippen molar-refractivity contribution in [1.29, 1.82) is 0 Å². The Bertz CT molecular complexity index is 228. The van der Waals surface area contributed by atoms with Gasteiger partial charge in [0.2, 0.25) is 0 Å². The average Bonchev–Trinajstić information content (AvgIpc) is 1.83. The molecule has 0 aliphatic rings. The number of hydrogen-bond acceptors (Lipinski definition) is 3. The summed E-state index contributed by atoms with van der Waals surface area (Å²) in [5.41, 5.74) is 0. The summed E-state index contributed by atoms with van der Waals surface area (Å²) in [6.45, 7) is 1.51. The van der Waals surface area contributed by atoms with E-state index in [0.29, 0.717) is 0 Å². The fraction of sp³-hybridized carbons (Fsp3) is 0.400. The number of carboxylic acids is 1. The lowest BCUT2D eigenvalue weighted by Gasteiger charge is -2.09. The molecule has 0 saturated heterocycles. The van der Waals surface area contributed by atoms with Crippen molar-refractivity contribution < 1.29 is 28.8 Å². The van der Waals surface area contributed by atoms with E-state index in [9.17, 15) is 9.36 Å². The molecule has 7 heteroatoms. The number of allylic oxidation sites excluding steroid dienone is 1. The Labute approximate surface area is 68.7 Å². The topological polar surface area (TPSA) is 104 Å². The maximum atomic E-state index is 10.2. The van der Waals surface area contributed by atoms with Crippen LogP contribution in [0.2, 0.25) is 0 Å². The van der Waals surface area contributed by atoms with Crippen LogP contribution >= 0.6 is 7.82 Å². The SMILES string of the molecule is C/C=C/C(OP(=O)(O)O)C(=O)O. The van der Waals surface area contributed by atoms with Gasteiger partial charge in [0.15, 0.2) is 6.10 Å². The molecule has 0 heterocycles. The monoisotopic (exact) mass is 196 g/mol. The number of phosphoric acid groups is 1. The van der Waals surface area contributed by atoms with E-state index in [1.54, 1.807) is 0 Å². The highest BCUT2D eigenvalue weighted by Crippen LogP contribution is 2.37. The molecule has 0 fully saturated rings. The van der Waals surface area contributed by atoms with Crippen molar-refractivity contribution >= 4 is 13.8 Å². The number of hydrogen-bond donors (Lipinski definition) is 3. The van der Waals surface area contributed by atoms with Crippen molar-refractivity contribution in [2.24, 2.45) is 0 Å². The van der Waals surface area contributed by atoms with Crippen LogP contribution in [0.4, 0.5) is 0 Å². The number of aliphatic carboxylic acids is 1. The van der Waals surface area contributed by atoms with Crippen LogP contribution in [0.1, 0.15) is 6.92 Å². The zero-order valence-electron chi connectivity index (χ0n) is 6.25. The van der Waals surface area contributed by atoms with Gasteiger partial charge in [0, 0.05) is 0 Å². The van der Waals surface area contributed by atoms with Gasteiger partial charge in [-0.15, -0.1) is 0 Å². The average molecular weight is 196 g/mol. The molecular formula is C5H9O6P. The molecule has 0 aromatic heterocycles. The molecule has 1 atom stereocenters. The molecule has 0 saturated carbocycles. The van der Waals surface area contributed by atoms with Crippen molar-refractivity contribution in [3.05, 3.63) is 12.2 Å². The summed E-state index contributed by atoms with van der Waals surface area (Å²) >= 11 is 0. The predicted molar refractivity (Wildman–Crippen MR) is 39.4 cm³/mol. The Morgan fingerprint density at radius 1 is 1.58 bits per heavy atom. The molecule has 0 aliphatic heterocycles. The molecule has 12 heavy (non-hydrogen) atoms. The van der Waals surface area contributed by atoms with Gasteiger partial charge in [-0.25, -0.2) is 9.36 Å². The van der Waals surface area contributed by atoms with Crippen LogP contribution in [-0.2, 0) is 13.9 Å². The van der Waals surface area contributed by atoms with Crippen LogP contribution in [0.3, 0.4) is 0 Å². The van der Waals surface area contributed by atoms with E-state index < -0.39 is 19.9 Å². The molecule has 0 aliphatic carbocycles. The smallest absolute Gasteiger partial charge is 0.470 e. The molecular weight excluding hydrogens is 187 g/mol. The van der Waals surface area contributed by atoms with Crippen LogP contribution in [0.25, 0.3) is 0 Å². The van der Waals surface area contributed by atoms with E-state index in [2.05, 4.69) is 4.52 Å². The van der Waals surface area contributed by atoms with Gasteiger partial charge in [0.25, 0.3) is 0 Å². The van der Waals surface area contributed by atoms with Crippen molar-refractivity contribution in [1.82, 2.24) is 0 Å². The Hall–Kier alpha value is -0.680. The van der Waals surface area contributed by atoms with Gasteiger partial charge < -0.3 is 14.9 Å². The van der Waals surface area contributed by atoms with Gasteiger partial charge in [-0.1, -0.05) is 6.08 Å². The molecule has 0 rings (SSSR count). The molecule has 6 nitrogen and oxygen atoms in total. The van der Waals surface area contributed by atoms with E-state index in [1.807, 2.05) is 0 Å². The predicted octanol–water partition coefficient (Wildman–Crippen LogP) is 0.125. The lowest BCUT2D eigenvalue weighted by molar-refractivity contribution is -0.143. The van der Waals surface area contributed by atoms with Gasteiger partial charge >= 0.3 is 13.8 Å². The first-order valence-electron chi connectivity index (χ1n) is 2.96. The zero-order valence-corrected chi connectivity index (χ0v) is 7.14. The first kappa shape index (κ1) is 11.3. The molecule has 1 unspecified atom stereocenters. The highest BCUT2D eigenvalue weighted by molar-refractivity contribution is 7.46. The number of rotatable bonds is 4. The van der Waals surface area contributed by atoms with Gasteiger partial charge in [0.1, 0.15) is 0 Å². The molecule has 0 radical (unpaired) electrons. The lowest BCUT2D eigenvalue weighted by Crippen LogP contribution is -2.19. The number of carbonyl (C=O) groups is 1. The molecule has 0 spiro atoms. The third-order valence-corrected chi connectivity index (χ3v) is 1.36. The van der Waals surface area contributed by atoms with Gasteiger partial charge in [-0.05, 0) is 13.0 Å². The van der Waals surface area contributed by atoms with Crippen LogP contribution in [0.5, 0.6) is 0 Å². The third-order valence-electron chi connectivity index (χ3n) is 0.862. The zero-order chi connectivity index (χ0) is 9.78. The van der Waals surface area contributed by atoms with E-state index in [4.69, 9.17) is 14.9 Å². The fourth-order valence-corrected chi connectivity index (χ4v) is 0.942. The maximum absolute atomic E-state index is 10.2. The molecule has 0 aromatic carbocycles. The second-order valence-electron chi connectivity index (χ2n) is 1.88. The number of phosphoric ester groups is 1. The second-order valence-corrected chi connectivity index (χ2v) is 3.07. The third kappa shape index (κ3) is 5.03. The summed E-state index contributed by atoms with van der Waals surface area (Å²) in [7, 11) is -4.74. The molecule has 0 aromatic rings. The van der Waals surface area contributed by atoms with Crippen LogP contribution in [-0.4, -0.2) is 27.0 Å². The molecule has 0 amide bonds. The highest BCUT2D eigenvalue weighted by Gasteiger charge is 2.25. The minimum Gasteiger partial charge on any atom is -0.479 e. The van der Waals surface area contributed by atoms with E-state index in [0.717, 1.165) is 6.08 Å². The van der Waals surface area contributed by atoms with E-state index in [-0.39, 0.29) is 0 Å². The second kappa shape index (κ2) is 4.37. The maximum Gasteiger partial charge on any atom is 0.470 e. The Morgan fingerprint density at radius 2 is 2.08 bits per heavy atom. The van der Waals surface area contributed by atoms with Gasteiger partial charge in [-0.2, -0.15) is 0 Å². The normalized spacial score (nSPS) is 14.9. The standard InChI is InChI=1S/C5H9O6P/c1-2-3-4(5(6)7)11-12(8,9)10/h2-4H,1H3,(H,6,7)(H2,8,9,10)/b3-2+. The van der Waals surface area contributed by atoms with Gasteiger partial charge in [0.05, 0.1) is 0 Å². The van der Waals surface area contributed by atoms with Crippen molar-refractivity contribution in [2.45, 2.75) is 13.0 Å². The highest BCUT2D eigenvalue weighted by atomic mass is 31.2. The van der Waals surface area contributed by atoms with E-state index >= 15 is 0 Å². The van der Waals surface area contributed by atoms with E-state index in [1.165, 1.54) is 13.0 Å². The molecule has 3 N–H and O–H groups in total. The minimum atomic E-state index is -4.74. The van der Waals surface area contributed by atoms with Crippen LogP contribution in [0.15, 0.2) is 12.2 Å².